The lowest BCUT2D eigenvalue weighted by molar-refractivity contribution is -0.150. The van der Waals surface area contributed by atoms with Crippen LogP contribution >= 0.6 is 11.6 Å². The third-order valence-corrected chi connectivity index (χ3v) is 2.47. The van der Waals surface area contributed by atoms with Crippen molar-refractivity contribution in [3.63, 3.8) is 0 Å². The highest BCUT2D eigenvalue weighted by Gasteiger charge is 2.19. The molecule has 0 fully saturated rings. The monoisotopic (exact) mass is 284 g/mol. The zero-order chi connectivity index (χ0) is 14.6. The van der Waals surface area contributed by atoms with Crippen LogP contribution in [0.4, 0.5) is 5.69 Å². The van der Waals surface area contributed by atoms with Crippen LogP contribution in [0.5, 0.6) is 0 Å². The Bertz CT molecular complexity index is 528. The van der Waals surface area contributed by atoms with E-state index in [9.17, 15) is 14.4 Å². The van der Waals surface area contributed by atoms with E-state index in [-0.39, 0.29) is 17.2 Å². The maximum atomic E-state index is 11.9. The van der Waals surface area contributed by atoms with Crippen LogP contribution in [0.3, 0.4) is 0 Å². The van der Waals surface area contributed by atoms with Crippen molar-refractivity contribution in [3.05, 3.63) is 28.8 Å². The number of carbonyl (C=O) groups excluding carboxylic acids is 3. The number of hydrogen-bond acceptors (Lipinski definition) is 4. The normalized spacial score (nSPS) is 9.68. The molecule has 0 atom stereocenters. The lowest BCUT2D eigenvalue weighted by atomic mass is 10.1. The predicted molar refractivity (Wildman–Crippen MR) is 70.1 cm³/mol. The maximum Gasteiger partial charge on any atom is 0.396 e. The van der Waals surface area contributed by atoms with Crippen LogP contribution in [0.2, 0.25) is 5.02 Å². The Labute approximate surface area is 115 Å². The van der Waals surface area contributed by atoms with Crippen LogP contribution in [0.1, 0.15) is 10.4 Å². The quantitative estimate of drug-likeness (QED) is 0.653. The van der Waals surface area contributed by atoms with Gasteiger partial charge in [0.05, 0.1) is 18.4 Å². The van der Waals surface area contributed by atoms with Crippen molar-refractivity contribution < 1.29 is 19.1 Å². The van der Waals surface area contributed by atoms with E-state index in [4.69, 9.17) is 11.6 Å². The summed E-state index contributed by atoms with van der Waals surface area (Å²) in [5.74, 6) is -2.35. The Hall–Kier alpha value is -2.08. The van der Waals surface area contributed by atoms with Crippen molar-refractivity contribution in [1.29, 1.82) is 0 Å². The first kappa shape index (κ1) is 15.0. The molecule has 0 bridgehead atoms. The van der Waals surface area contributed by atoms with Gasteiger partial charge in [0, 0.05) is 19.1 Å². The molecule has 0 unspecified atom stereocenters. The Morgan fingerprint density at radius 2 is 1.89 bits per heavy atom. The molecule has 0 aliphatic carbocycles. The molecule has 1 rings (SSSR count). The number of amides is 2. The standard InChI is InChI=1S/C12H13ClN2O4/c1-15(2)11(17)8-6-7(13)4-5-9(8)14-10(16)12(18)19-3/h4-6H,1-3H3,(H,14,16). The molecule has 0 saturated heterocycles. The van der Waals surface area contributed by atoms with Gasteiger partial charge >= 0.3 is 11.9 Å². The average Bonchev–Trinajstić information content (AvgIpc) is 2.38. The summed E-state index contributed by atoms with van der Waals surface area (Å²) < 4.78 is 4.28. The summed E-state index contributed by atoms with van der Waals surface area (Å²) in [6.07, 6.45) is 0. The summed E-state index contributed by atoms with van der Waals surface area (Å²) >= 11 is 5.82. The first-order valence-electron chi connectivity index (χ1n) is 5.27. The molecule has 0 saturated carbocycles. The molecule has 1 N–H and O–H groups in total. The van der Waals surface area contributed by atoms with E-state index >= 15 is 0 Å². The van der Waals surface area contributed by atoms with Crippen LogP contribution in [0.25, 0.3) is 0 Å². The fourth-order valence-electron chi connectivity index (χ4n) is 1.31. The molecule has 102 valence electrons. The smallest absolute Gasteiger partial charge is 0.396 e. The van der Waals surface area contributed by atoms with Crippen molar-refractivity contribution in [2.75, 3.05) is 26.5 Å². The molecule has 0 aliphatic rings. The van der Waals surface area contributed by atoms with E-state index in [0.29, 0.717) is 5.02 Å². The third-order valence-electron chi connectivity index (χ3n) is 2.24. The van der Waals surface area contributed by atoms with Crippen molar-refractivity contribution in [3.8, 4) is 0 Å². The largest absolute Gasteiger partial charge is 0.462 e. The van der Waals surface area contributed by atoms with E-state index in [2.05, 4.69) is 10.1 Å². The fourth-order valence-corrected chi connectivity index (χ4v) is 1.48. The highest BCUT2D eigenvalue weighted by molar-refractivity contribution is 6.37. The van der Waals surface area contributed by atoms with Crippen molar-refractivity contribution in [2.24, 2.45) is 0 Å². The topological polar surface area (TPSA) is 75.7 Å². The summed E-state index contributed by atoms with van der Waals surface area (Å²) in [6.45, 7) is 0. The Balaban J connectivity index is 3.10. The summed E-state index contributed by atoms with van der Waals surface area (Å²) in [5.41, 5.74) is 0.383. The van der Waals surface area contributed by atoms with E-state index in [0.717, 1.165) is 7.11 Å². The number of nitrogens with zero attached hydrogens (tertiary/aromatic N) is 1. The van der Waals surface area contributed by atoms with Gasteiger partial charge in [0.1, 0.15) is 0 Å². The van der Waals surface area contributed by atoms with Gasteiger partial charge < -0.3 is 15.0 Å². The van der Waals surface area contributed by atoms with E-state index in [1.807, 2.05) is 0 Å². The van der Waals surface area contributed by atoms with Crippen LogP contribution < -0.4 is 5.32 Å². The Morgan fingerprint density at radius 3 is 2.42 bits per heavy atom. The first-order chi connectivity index (χ1) is 8.86. The summed E-state index contributed by atoms with van der Waals surface area (Å²) in [7, 11) is 4.22. The molecular formula is C12H13ClN2O4. The number of carbonyl (C=O) groups is 3. The molecule has 19 heavy (non-hydrogen) atoms. The molecule has 7 heteroatoms. The van der Waals surface area contributed by atoms with E-state index < -0.39 is 11.9 Å². The molecular weight excluding hydrogens is 272 g/mol. The van der Waals surface area contributed by atoms with Gasteiger partial charge in [-0.15, -0.1) is 0 Å². The van der Waals surface area contributed by atoms with Gasteiger partial charge in [-0.25, -0.2) is 4.79 Å². The van der Waals surface area contributed by atoms with Gasteiger partial charge in [-0.3, -0.25) is 9.59 Å². The Kier molecular flexibility index (Phi) is 4.88. The molecule has 2 amide bonds. The summed E-state index contributed by atoms with van der Waals surface area (Å²) in [5, 5.41) is 2.65. The number of rotatable bonds is 2. The second kappa shape index (κ2) is 6.19. The SMILES string of the molecule is COC(=O)C(=O)Nc1ccc(Cl)cc1C(=O)N(C)C. The van der Waals surface area contributed by atoms with Crippen molar-refractivity contribution >= 4 is 35.1 Å². The number of anilines is 1. The lowest BCUT2D eigenvalue weighted by Crippen LogP contribution is -2.27. The van der Waals surface area contributed by atoms with Crippen molar-refractivity contribution in [1.82, 2.24) is 4.90 Å². The van der Waals surface area contributed by atoms with Gasteiger partial charge in [0.25, 0.3) is 5.91 Å². The zero-order valence-electron chi connectivity index (χ0n) is 10.7. The van der Waals surface area contributed by atoms with E-state index in [1.165, 1.54) is 23.1 Å². The number of hydrogen-bond donors (Lipinski definition) is 1. The van der Waals surface area contributed by atoms with Gasteiger partial charge in [-0.2, -0.15) is 0 Å². The minimum Gasteiger partial charge on any atom is -0.462 e. The van der Waals surface area contributed by atoms with Crippen LogP contribution in [-0.2, 0) is 14.3 Å². The summed E-state index contributed by atoms with van der Waals surface area (Å²) in [6, 6.07) is 4.36. The molecule has 0 heterocycles. The third kappa shape index (κ3) is 3.69. The minimum atomic E-state index is -1.04. The number of benzene rings is 1. The predicted octanol–water partition coefficient (Wildman–Crippen LogP) is 1.15. The van der Waals surface area contributed by atoms with Crippen LogP contribution in [-0.4, -0.2) is 43.9 Å². The highest BCUT2D eigenvalue weighted by atomic mass is 35.5. The van der Waals surface area contributed by atoms with E-state index in [1.54, 1.807) is 14.1 Å². The average molecular weight is 285 g/mol. The zero-order valence-corrected chi connectivity index (χ0v) is 11.4. The van der Waals surface area contributed by atoms with Gasteiger partial charge in [0.2, 0.25) is 0 Å². The number of esters is 1. The van der Waals surface area contributed by atoms with Crippen LogP contribution in [0, 0.1) is 0 Å². The molecule has 1 aromatic rings. The van der Waals surface area contributed by atoms with Crippen molar-refractivity contribution in [2.45, 2.75) is 0 Å². The molecule has 6 nitrogen and oxygen atoms in total. The lowest BCUT2D eigenvalue weighted by Gasteiger charge is -2.14. The molecule has 0 radical (unpaired) electrons. The second-order valence-electron chi connectivity index (χ2n) is 3.84. The number of methoxy groups -OCH3 is 1. The maximum absolute atomic E-state index is 11.9. The van der Waals surface area contributed by atoms with Gasteiger partial charge in [-0.1, -0.05) is 11.6 Å². The number of halogens is 1. The second-order valence-corrected chi connectivity index (χ2v) is 4.27. The molecule has 0 aliphatic heterocycles. The molecule has 0 aromatic heterocycles. The minimum absolute atomic E-state index is 0.190. The molecule has 0 spiro atoms. The highest BCUT2D eigenvalue weighted by Crippen LogP contribution is 2.21. The number of nitrogens with one attached hydrogen (secondary N) is 1. The Morgan fingerprint density at radius 1 is 1.26 bits per heavy atom. The van der Waals surface area contributed by atoms with Crippen LogP contribution in [0.15, 0.2) is 18.2 Å². The number of ether oxygens (including phenoxy) is 1. The fraction of sp³-hybridized carbons (Fsp3) is 0.250. The first-order valence-corrected chi connectivity index (χ1v) is 5.65. The molecule has 1 aromatic carbocycles. The van der Waals surface area contributed by atoms with Gasteiger partial charge in [0.15, 0.2) is 0 Å². The summed E-state index contributed by atoms with van der Waals surface area (Å²) in [4.78, 5) is 35.7. The van der Waals surface area contributed by atoms with Gasteiger partial charge in [-0.05, 0) is 18.2 Å².